The van der Waals surface area contributed by atoms with Crippen molar-refractivity contribution in [2.75, 3.05) is 6.61 Å². The molecule has 13 heavy (non-hydrogen) atoms. The summed E-state index contributed by atoms with van der Waals surface area (Å²) >= 11 is 0. The van der Waals surface area contributed by atoms with E-state index in [4.69, 9.17) is 12.6 Å². The van der Waals surface area contributed by atoms with Crippen molar-refractivity contribution in [3.63, 3.8) is 0 Å². The molecule has 1 atom stereocenters. The molecule has 0 saturated carbocycles. The molecule has 0 fully saturated rings. The number of carbonyl (C=O) groups excluding carboxylic acids is 1. The van der Waals surface area contributed by atoms with Gasteiger partial charge in [0.05, 0.1) is 6.61 Å². The predicted molar refractivity (Wildman–Crippen MR) is 52.4 cm³/mol. The lowest BCUT2D eigenvalue weighted by molar-refractivity contribution is -0.144. The van der Waals surface area contributed by atoms with E-state index in [1.54, 1.807) is 0 Å². The zero-order valence-corrected chi connectivity index (χ0v) is 8.08. The molecule has 3 heteroatoms. The molecule has 1 aliphatic rings. The number of ether oxygens (including phenoxy) is 1. The Morgan fingerprint density at radius 3 is 3.08 bits per heavy atom. The third-order valence-electron chi connectivity index (χ3n) is 2.32. The summed E-state index contributed by atoms with van der Waals surface area (Å²) in [6.07, 6.45) is 5.42. The fourth-order valence-electron chi connectivity index (χ4n) is 1.55. The van der Waals surface area contributed by atoms with Crippen LogP contribution in [0.15, 0.2) is 11.5 Å². The van der Waals surface area contributed by atoms with Crippen molar-refractivity contribution in [1.82, 2.24) is 0 Å². The number of hydrogen-bond donors (Lipinski definition) is 0. The lowest BCUT2D eigenvalue weighted by Crippen LogP contribution is -2.13. The van der Waals surface area contributed by atoms with E-state index in [-0.39, 0.29) is 5.97 Å². The Kier molecular flexibility index (Phi) is 4.06. The fourth-order valence-corrected chi connectivity index (χ4v) is 1.55. The Labute approximate surface area is 80.8 Å². The van der Waals surface area contributed by atoms with Gasteiger partial charge in [0.2, 0.25) is 0 Å². The standard InChI is InChI=1S/C10H15BO2/c1-2-13-10(12)7-8-3-5-9(11)6-4-8/h5,8H,2-4,6-7H2,1H3. The number of carbonyl (C=O) groups is 1. The molecule has 0 spiro atoms. The van der Waals surface area contributed by atoms with Crippen LogP contribution < -0.4 is 0 Å². The van der Waals surface area contributed by atoms with E-state index in [1.807, 2.05) is 13.0 Å². The van der Waals surface area contributed by atoms with Crippen LogP contribution in [-0.4, -0.2) is 20.4 Å². The van der Waals surface area contributed by atoms with Crippen LogP contribution >= 0.6 is 0 Å². The van der Waals surface area contributed by atoms with Crippen molar-refractivity contribution >= 4 is 13.8 Å². The third-order valence-corrected chi connectivity index (χ3v) is 2.32. The molecule has 2 nitrogen and oxygen atoms in total. The van der Waals surface area contributed by atoms with Gasteiger partial charge in [-0.3, -0.25) is 4.79 Å². The molecule has 0 amide bonds. The molecule has 0 aliphatic heterocycles. The van der Waals surface area contributed by atoms with Gasteiger partial charge in [0, 0.05) is 6.42 Å². The first kappa shape index (κ1) is 10.4. The van der Waals surface area contributed by atoms with Crippen molar-refractivity contribution in [3.05, 3.63) is 11.5 Å². The maximum atomic E-state index is 11.1. The zero-order chi connectivity index (χ0) is 9.68. The normalized spacial score (nSPS) is 22.2. The van der Waals surface area contributed by atoms with Crippen LogP contribution in [0.2, 0.25) is 0 Å². The van der Waals surface area contributed by atoms with E-state index in [9.17, 15) is 4.79 Å². The van der Waals surface area contributed by atoms with Crippen molar-refractivity contribution in [3.8, 4) is 0 Å². The van der Waals surface area contributed by atoms with E-state index >= 15 is 0 Å². The molecule has 0 aromatic rings. The highest BCUT2D eigenvalue weighted by Crippen LogP contribution is 2.24. The van der Waals surface area contributed by atoms with Gasteiger partial charge in [0.15, 0.2) is 0 Å². The van der Waals surface area contributed by atoms with Gasteiger partial charge >= 0.3 is 5.97 Å². The molecule has 0 heterocycles. The lowest BCUT2D eigenvalue weighted by atomic mass is 9.80. The molecular formula is C10H15BO2. The second-order valence-corrected chi connectivity index (χ2v) is 3.43. The topological polar surface area (TPSA) is 26.3 Å². The van der Waals surface area contributed by atoms with Crippen molar-refractivity contribution in [2.24, 2.45) is 5.92 Å². The highest BCUT2D eigenvalue weighted by molar-refractivity contribution is 6.21. The van der Waals surface area contributed by atoms with Crippen LogP contribution in [0.1, 0.15) is 32.6 Å². The first-order chi connectivity index (χ1) is 6.22. The maximum Gasteiger partial charge on any atom is 0.306 e. The van der Waals surface area contributed by atoms with Gasteiger partial charge in [0.25, 0.3) is 0 Å². The largest absolute Gasteiger partial charge is 0.466 e. The van der Waals surface area contributed by atoms with Crippen LogP contribution in [0.25, 0.3) is 0 Å². The lowest BCUT2D eigenvalue weighted by Gasteiger charge is -2.19. The summed E-state index contributed by atoms with van der Waals surface area (Å²) in [5, 5.41) is 0. The molecule has 0 saturated heterocycles. The summed E-state index contributed by atoms with van der Waals surface area (Å²) in [4.78, 5) is 11.1. The van der Waals surface area contributed by atoms with Gasteiger partial charge in [0.1, 0.15) is 7.85 Å². The van der Waals surface area contributed by atoms with E-state index < -0.39 is 0 Å². The highest BCUT2D eigenvalue weighted by atomic mass is 16.5. The second-order valence-electron chi connectivity index (χ2n) is 3.43. The SMILES string of the molecule is [B]C1=CCC(CC(=O)OCC)CC1. The van der Waals surface area contributed by atoms with Gasteiger partial charge in [-0.25, -0.2) is 0 Å². The van der Waals surface area contributed by atoms with Gasteiger partial charge in [-0.05, 0) is 32.1 Å². The molecular weight excluding hydrogens is 163 g/mol. The van der Waals surface area contributed by atoms with Crippen molar-refractivity contribution < 1.29 is 9.53 Å². The molecule has 1 rings (SSSR count). The van der Waals surface area contributed by atoms with Gasteiger partial charge in [-0.2, -0.15) is 0 Å². The Morgan fingerprint density at radius 1 is 1.77 bits per heavy atom. The van der Waals surface area contributed by atoms with E-state index in [2.05, 4.69) is 0 Å². The summed E-state index contributed by atoms with van der Waals surface area (Å²) in [7, 11) is 5.63. The van der Waals surface area contributed by atoms with Gasteiger partial charge in [-0.15, -0.1) is 5.47 Å². The summed E-state index contributed by atoms with van der Waals surface area (Å²) in [6, 6.07) is 0. The van der Waals surface area contributed by atoms with Crippen LogP contribution in [0.5, 0.6) is 0 Å². The molecule has 1 aliphatic carbocycles. The predicted octanol–water partition coefficient (Wildman–Crippen LogP) is 1.79. The van der Waals surface area contributed by atoms with E-state index in [0.29, 0.717) is 18.9 Å². The molecule has 2 radical (unpaired) electrons. The molecule has 1 unspecified atom stereocenters. The quantitative estimate of drug-likeness (QED) is 0.486. The van der Waals surface area contributed by atoms with Crippen molar-refractivity contribution in [2.45, 2.75) is 32.6 Å². The third kappa shape index (κ3) is 3.66. The smallest absolute Gasteiger partial charge is 0.306 e. The average Bonchev–Trinajstić information content (AvgIpc) is 2.09. The summed E-state index contributed by atoms with van der Waals surface area (Å²) < 4.78 is 4.88. The molecule has 0 aromatic heterocycles. The molecule has 70 valence electrons. The van der Waals surface area contributed by atoms with Gasteiger partial charge in [-0.1, -0.05) is 6.08 Å². The average molecular weight is 178 g/mol. The Hall–Kier alpha value is -0.725. The number of hydrogen-bond acceptors (Lipinski definition) is 2. The van der Waals surface area contributed by atoms with Crippen LogP contribution in [0.3, 0.4) is 0 Å². The number of esters is 1. The number of rotatable bonds is 3. The van der Waals surface area contributed by atoms with E-state index in [1.165, 1.54) is 0 Å². The summed E-state index contributed by atoms with van der Waals surface area (Å²) in [5.74, 6) is 0.354. The van der Waals surface area contributed by atoms with Crippen molar-refractivity contribution in [1.29, 1.82) is 0 Å². The van der Waals surface area contributed by atoms with Crippen LogP contribution in [-0.2, 0) is 9.53 Å². The van der Waals surface area contributed by atoms with E-state index in [0.717, 1.165) is 24.7 Å². The minimum absolute atomic E-state index is 0.0821. The molecule has 0 aromatic carbocycles. The molecule has 0 bridgehead atoms. The highest BCUT2D eigenvalue weighted by Gasteiger charge is 2.16. The van der Waals surface area contributed by atoms with Gasteiger partial charge < -0.3 is 4.74 Å². The minimum atomic E-state index is -0.0821. The Bertz CT molecular complexity index is 211. The maximum absolute atomic E-state index is 11.1. The summed E-state index contributed by atoms with van der Waals surface area (Å²) in [5.41, 5.74) is 0.958. The first-order valence-electron chi connectivity index (χ1n) is 4.82. The first-order valence-corrected chi connectivity index (χ1v) is 4.82. The van der Waals surface area contributed by atoms with Crippen LogP contribution in [0, 0.1) is 5.92 Å². The zero-order valence-electron chi connectivity index (χ0n) is 8.08. The number of allylic oxidation sites excluding steroid dienone is 2. The Balaban J connectivity index is 2.27. The second kappa shape index (κ2) is 5.10. The fraction of sp³-hybridized carbons (Fsp3) is 0.700. The Morgan fingerprint density at radius 2 is 2.54 bits per heavy atom. The summed E-state index contributed by atoms with van der Waals surface area (Å²) in [6.45, 7) is 2.31. The van der Waals surface area contributed by atoms with Crippen LogP contribution in [0.4, 0.5) is 0 Å². The molecule has 0 N–H and O–H groups in total. The monoisotopic (exact) mass is 178 g/mol. The minimum Gasteiger partial charge on any atom is -0.466 e.